The minimum absolute atomic E-state index is 0. The van der Waals surface area contributed by atoms with Gasteiger partial charge in [0.05, 0.1) is 18.0 Å². The van der Waals surface area contributed by atoms with Crippen LogP contribution in [0, 0.1) is 29.6 Å². The minimum atomic E-state index is 0. The SMILES string of the molecule is O=C(c1ccc2c(c1)NNN2)N1C[C@@H]2C3CN(C(=O)c4ccc(C5CC5)c(OCC5CC5)n4)CC3[C@@H]2C1.[HH].[HH]. The highest BCUT2D eigenvalue weighted by Crippen LogP contribution is 2.54. The van der Waals surface area contributed by atoms with Crippen molar-refractivity contribution in [2.45, 2.75) is 31.6 Å². The van der Waals surface area contributed by atoms with Crippen molar-refractivity contribution < 1.29 is 17.2 Å². The molecule has 37 heavy (non-hydrogen) atoms. The maximum Gasteiger partial charge on any atom is 0.272 e. The van der Waals surface area contributed by atoms with E-state index in [9.17, 15) is 9.59 Å². The Balaban J connectivity index is 0.00000138. The Morgan fingerprint density at radius 2 is 1.54 bits per heavy atom. The highest BCUT2D eigenvalue weighted by Gasteiger charge is 2.59. The van der Waals surface area contributed by atoms with Crippen LogP contribution in [0.5, 0.6) is 5.88 Å². The monoisotopic (exact) mass is 504 g/mol. The first-order valence-corrected chi connectivity index (χ1v) is 13.8. The number of carbonyl (C=O) groups is 2. The van der Waals surface area contributed by atoms with E-state index >= 15 is 0 Å². The van der Waals surface area contributed by atoms with Gasteiger partial charge in [-0.1, -0.05) is 6.07 Å². The van der Waals surface area contributed by atoms with Crippen LogP contribution in [-0.2, 0) is 0 Å². The third-order valence-corrected chi connectivity index (χ3v) is 9.44. The Hall–Kier alpha value is -3.33. The van der Waals surface area contributed by atoms with Crippen molar-refractivity contribution in [1.29, 1.82) is 0 Å². The Bertz CT molecular complexity index is 1280. The van der Waals surface area contributed by atoms with E-state index < -0.39 is 0 Å². The molecule has 8 rings (SSSR count). The average Bonchev–Trinajstić information content (AvgIpc) is 3.82. The third-order valence-electron chi connectivity index (χ3n) is 9.44. The van der Waals surface area contributed by atoms with Gasteiger partial charge in [-0.15, -0.1) is 5.53 Å². The zero-order valence-electron chi connectivity index (χ0n) is 20.8. The molecule has 2 unspecified atom stereocenters. The molecule has 9 heteroatoms. The van der Waals surface area contributed by atoms with Gasteiger partial charge in [0.1, 0.15) is 5.69 Å². The molecule has 4 atom stereocenters. The van der Waals surface area contributed by atoms with Crippen LogP contribution in [0.1, 0.15) is 60.9 Å². The van der Waals surface area contributed by atoms with Crippen molar-refractivity contribution in [2.75, 3.05) is 43.6 Å². The second kappa shape index (κ2) is 8.08. The molecule has 4 heterocycles. The van der Waals surface area contributed by atoms with Gasteiger partial charge in [0.2, 0.25) is 5.88 Å². The molecule has 0 bridgehead atoms. The van der Waals surface area contributed by atoms with E-state index in [1.54, 1.807) is 0 Å². The van der Waals surface area contributed by atoms with E-state index in [1.165, 1.54) is 31.2 Å². The Kier molecular flexibility index (Phi) is 4.75. The fourth-order valence-corrected chi connectivity index (χ4v) is 6.98. The number of likely N-dealkylation sites (tertiary alicyclic amines) is 2. The lowest BCUT2D eigenvalue weighted by atomic mass is 9.60. The van der Waals surface area contributed by atoms with Crippen molar-refractivity contribution in [1.82, 2.24) is 20.3 Å². The summed E-state index contributed by atoms with van der Waals surface area (Å²) in [4.78, 5) is 35.4. The van der Waals surface area contributed by atoms with E-state index in [4.69, 9.17) is 9.72 Å². The fraction of sp³-hybridized carbons (Fsp3) is 0.536. The third kappa shape index (κ3) is 3.66. The molecular weight excluding hydrogens is 468 g/mol. The summed E-state index contributed by atoms with van der Waals surface area (Å²) in [5.74, 6) is 3.89. The Morgan fingerprint density at radius 1 is 0.865 bits per heavy atom. The first-order valence-electron chi connectivity index (χ1n) is 13.8. The Morgan fingerprint density at radius 3 is 2.22 bits per heavy atom. The second-order valence-electron chi connectivity index (χ2n) is 11.8. The summed E-state index contributed by atoms with van der Waals surface area (Å²) in [6.07, 6.45) is 4.84. The second-order valence-corrected chi connectivity index (χ2v) is 11.8. The predicted molar refractivity (Wildman–Crippen MR) is 141 cm³/mol. The fourth-order valence-electron chi connectivity index (χ4n) is 6.98. The maximum absolute atomic E-state index is 13.5. The minimum Gasteiger partial charge on any atom is -0.477 e. The number of carbonyl (C=O) groups excluding carboxylic acids is 2. The average molecular weight is 505 g/mol. The molecule has 3 aliphatic carbocycles. The summed E-state index contributed by atoms with van der Waals surface area (Å²) < 4.78 is 6.10. The van der Waals surface area contributed by atoms with Gasteiger partial charge in [0.15, 0.2) is 0 Å². The molecule has 9 nitrogen and oxygen atoms in total. The van der Waals surface area contributed by atoms with Gasteiger partial charge in [-0.2, -0.15) is 0 Å². The van der Waals surface area contributed by atoms with E-state index in [-0.39, 0.29) is 14.7 Å². The van der Waals surface area contributed by atoms with Gasteiger partial charge in [-0.25, -0.2) is 4.98 Å². The molecular formula is C28H36N6O3. The number of aromatic nitrogens is 1. The van der Waals surface area contributed by atoms with Crippen LogP contribution in [0.25, 0.3) is 0 Å². The van der Waals surface area contributed by atoms with Crippen LogP contribution in [-0.4, -0.2) is 59.4 Å². The number of pyridine rings is 1. The molecule has 1 aromatic carbocycles. The van der Waals surface area contributed by atoms with Crippen LogP contribution < -0.4 is 21.1 Å². The van der Waals surface area contributed by atoms with Crippen molar-refractivity contribution in [3.05, 3.63) is 47.2 Å². The van der Waals surface area contributed by atoms with Crippen molar-refractivity contribution in [2.24, 2.45) is 29.6 Å². The standard InChI is InChI=1S/C28H32N6O3.2H2/c35-27(17-5-7-23-25(9-17)31-32-30-23)33-10-19-20(11-33)22-13-34(12-21(19)22)28(36)24-8-6-18(16-3-4-16)26(29-24)37-14-15-1-2-15;;/h5-9,15-16,19-22,30-32H,1-4,10-14H2;2*1H/t19-,20+,21?,22?;;. The molecule has 3 saturated carbocycles. The molecule has 2 saturated heterocycles. The van der Waals surface area contributed by atoms with Gasteiger partial charge in [-0.3, -0.25) is 9.59 Å². The van der Waals surface area contributed by atoms with Crippen molar-refractivity contribution in [3.8, 4) is 5.88 Å². The van der Waals surface area contributed by atoms with Crippen LogP contribution >= 0.6 is 0 Å². The summed E-state index contributed by atoms with van der Waals surface area (Å²) in [5, 5.41) is 0. The predicted octanol–water partition coefficient (Wildman–Crippen LogP) is 3.59. The highest BCUT2D eigenvalue weighted by atomic mass is 16.5. The lowest BCUT2D eigenvalue weighted by Crippen LogP contribution is -2.44. The van der Waals surface area contributed by atoms with Crippen LogP contribution in [0.15, 0.2) is 30.3 Å². The van der Waals surface area contributed by atoms with E-state index in [0.29, 0.717) is 59.3 Å². The van der Waals surface area contributed by atoms with Gasteiger partial charge in [0, 0.05) is 40.2 Å². The molecule has 3 N–H and O–H groups in total. The molecule has 2 amide bonds. The number of ether oxygens (including phenoxy) is 1. The lowest BCUT2D eigenvalue weighted by Gasteiger charge is -2.42. The van der Waals surface area contributed by atoms with Gasteiger partial charge in [-0.05, 0) is 85.5 Å². The molecule has 2 aromatic rings. The molecule has 6 aliphatic rings. The van der Waals surface area contributed by atoms with E-state index in [0.717, 1.165) is 37.6 Å². The van der Waals surface area contributed by atoms with Crippen LogP contribution in [0.2, 0.25) is 0 Å². The van der Waals surface area contributed by atoms with E-state index in [2.05, 4.69) is 22.5 Å². The van der Waals surface area contributed by atoms with Crippen molar-refractivity contribution >= 4 is 23.2 Å². The summed E-state index contributed by atoms with van der Waals surface area (Å²) in [6.45, 7) is 3.79. The molecule has 1 aromatic heterocycles. The normalized spacial score (nSPS) is 29.1. The molecule has 196 valence electrons. The maximum atomic E-state index is 13.5. The number of amides is 2. The number of hydrazine groups is 2. The van der Waals surface area contributed by atoms with Gasteiger partial charge >= 0.3 is 0 Å². The topological polar surface area (TPSA) is 98.8 Å². The van der Waals surface area contributed by atoms with Crippen molar-refractivity contribution in [3.63, 3.8) is 0 Å². The number of hydrogen-bond acceptors (Lipinski definition) is 7. The number of fused-ring (bicyclic) bond motifs is 5. The number of anilines is 2. The summed E-state index contributed by atoms with van der Waals surface area (Å²) in [5.41, 5.74) is 13.1. The number of nitrogens with one attached hydrogen (secondary N) is 3. The summed E-state index contributed by atoms with van der Waals surface area (Å²) in [7, 11) is 0. The zero-order chi connectivity index (χ0) is 24.7. The number of nitrogens with zero attached hydrogens (tertiary/aromatic N) is 3. The van der Waals surface area contributed by atoms with E-state index in [1.807, 2.05) is 34.1 Å². The van der Waals surface area contributed by atoms with Crippen LogP contribution in [0.3, 0.4) is 0 Å². The quantitative estimate of drug-likeness (QED) is 0.553. The van der Waals surface area contributed by atoms with Gasteiger partial charge in [0.25, 0.3) is 11.8 Å². The smallest absolute Gasteiger partial charge is 0.272 e. The molecule has 0 spiro atoms. The lowest BCUT2D eigenvalue weighted by molar-refractivity contribution is 0.0629. The number of rotatable bonds is 6. The van der Waals surface area contributed by atoms with Crippen LogP contribution in [0.4, 0.5) is 11.4 Å². The number of benzene rings is 1. The highest BCUT2D eigenvalue weighted by molar-refractivity contribution is 5.97. The number of hydrogen-bond donors (Lipinski definition) is 3. The molecule has 5 fully saturated rings. The first-order chi connectivity index (χ1) is 18.1. The largest absolute Gasteiger partial charge is 0.477 e. The molecule has 3 aliphatic heterocycles. The molecule has 0 radical (unpaired) electrons. The summed E-state index contributed by atoms with van der Waals surface area (Å²) in [6, 6.07) is 9.68. The first kappa shape index (κ1) is 21.7. The summed E-state index contributed by atoms with van der Waals surface area (Å²) >= 11 is 0. The van der Waals surface area contributed by atoms with Gasteiger partial charge < -0.3 is 25.4 Å². The Labute approximate surface area is 218 Å². The zero-order valence-corrected chi connectivity index (χ0v) is 20.8.